The second kappa shape index (κ2) is 6.60. The Morgan fingerprint density at radius 3 is 2.78 bits per heavy atom. The van der Waals surface area contributed by atoms with Crippen LogP contribution in [0.2, 0.25) is 0 Å². The third-order valence-electron chi connectivity index (χ3n) is 3.10. The van der Waals surface area contributed by atoms with Crippen molar-refractivity contribution in [2.24, 2.45) is 0 Å². The monoisotopic (exact) mass is 263 g/mol. The third-order valence-corrected chi connectivity index (χ3v) is 3.47. The predicted octanol–water partition coefficient (Wildman–Crippen LogP) is 3.36. The van der Waals surface area contributed by atoms with Crippen LogP contribution in [0.4, 0.5) is 0 Å². The van der Waals surface area contributed by atoms with Crippen LogP contribution in [-0.4, -0.2) is 22.7 Å². The Bertz CT molecular complexity index is 416. The average Bonchev–Trinajstić information content (AvgIpc) is 2.47. The van der Waals surface area contributed by atoms with Gasteiger partial charge in [0, 0.05) is 13.1 Å². The Hall–Kier alpha value is -1.28. The molecule has 96 valence electrons. The smallest absolute Gasteiger partial charge is 0.241 e. The lowest BCUT2D eigenvalue weighted by atomic mass is 10.2. The molecule has 0 radical (unpaired) electrons. The summed E-state index contributed by atoms with van der Waals surface area (Å²) in [5.74, 6) is 0.0482. The number of benzene rings is 1. The minimum absolute atomic E-state index is 0.0482. The Kier molecular flexibility index (Phi) is 4.82. The zero-order valence-electron chi connectivity index (χ0n) is 10.4. The highest BCUT2D eigenvalue weighted by atomic mass is 35.5. The van der Waals surface area contributed by atoms with E-state index in [1.807, 2.05) is 41.3 Å². The molecule has 1 aliphatic rings. The van der Waals surface area contributed by atoms with Crippen LogP contribution in [-0.2, 0) is 11.3 Å². The van der Waals surface area contributed by atoms with E-state index in [4.69, 9.17) is 11.6 Å². The van der Waals surface area contributed by atoms with Gasteiger partial charge in [0.2, 0.25) is 5.91 Å². The van der Waals surface area contributed by atoms with Crippen LogP contribution in [0.5, 0.6) is 0 Å². The van der Waals surface area contributed by atoms with Gasteiger partial charge in [-0.25, -0.2) is 0 Å². The summed E-state index contributed by atoms with van der Waals surface area (Å²) < 4.78 is 0. The molecule has 3 heteroatoms. The molecule has 0 N–H and O–H groups in total. The Balaban J connectivity index is 2.07. The summed E-state index contributed by atoms with van der Waals surface area (Å²) in [6.45, 7) is 1.43. The predicted molar refractivity (Wildman–Crippen MR) is 74.5 cm³/mol. The number of amides is 1. The summed E-state index contributed by atoms with van der Waals surface area (Å²) in [5, 5.41) is -0.428. The van der Waals surface area contributed by atoms with Crippen molar-refractivity contribution < 1.29 is 4.79 Å². The zero-order chi connectivity index (χ0) is 12.8. The van der Waals surface area contributed by atoms with Gasteiger partial charge < -0.3 is 4.90 Å². The summed E-state index contributed by atoms with van der Waals surface area (Å²) in [4.78, 5) is 14.1. The molecule has 0 aromatic heterocycles. The van der Waals surface area contributed by atoms with Crippen LogP contribution in [0.3, 0.4) is 0 Å². The summed E-state index contributed by atoms with van der Waals surface area (Å²) >= 11 is 6.14. The first-order valence-corrected chi connectivity index (χ1v) is 6.83. The molecule has 1 heterocycles. The maximum Gasteiger partial charge on any atom is 0.241 e. The number of hydrogen-bond donors (Lipinski definition) is 0. The van der Waals surface area contributed by atoms with E-state index >= 15 is 0 Å². The lowest BCUT2D eigenvalue weighted by Gasteiger charge is -2.24. The molecule has 1 aromatic carbocycles. The van der Waals surface area contributed by atoms with Crippen molar-refractivity contribution in [3.8, 4) is 0 Å². The zero-order valence-corrected chi connectivity index (χ0v) is 11.1. The number of halogens is 1. The number of allylic oxidation sites excluding steroid dienone is 2. The molecule has 0 aliphatic carbocycles. The summed E-state index contributed by atoms with van der Waals surface area (Å²) in [5.41, 5.74) is 1.15. The van der Waals surface area contributed by atoms with Gasteiger partial charge in [0.15, 0.2) is 0 Å². The fourth-order valence-electron chi connectivity index (χ4n) is 2.10. The van der Waals surface area contributed by atoms with Gasteiger partial charge in [-0.2, -0.15) is 0 Å². The van der Waals surface area contributed by atoms with Gasteiger partial charge in [-0.3, -0.25) is 4.79 Å². The summed E-state index contributed by atoms with van der Waals surface area (Å²) in [6, 6.07) is 10.1. The third kappa shape index (κ3) is 3.61. The van der Waals surface area contributed by atoms with Crippen molar-refractivity contribution in [1.29, 1.82) is 0 Å². The van der Waals surface area contributed by atoms with Gasteiger partial charge in [0.05, 0.1) is 0 Å². The molecule has 2 nitrogen and oxygen atoms in total. The van der Waals surface area contributed by atoms with Crippen molar-refractivity contribution >= 4 is 17.5 Å². The van der Waals surface area contributed by atoms with Crippen LogP contribution in [0, 0.1) is 0 Å². The fourth-order valence-corrected chi connectivity index (χ4v) is 2.34. The van der Waals surface area contributed by atoms with E-state index in [2.05, 4.69) is 6.08 Å². The molecule has 0 bridgehead atoms. The normalized spacial score (nSPS) is 23.1. The molecule has 0 saturated carbocycles. The number of carbonyl (C=O) groups excluding carboxylic acids is 1. The van der Waals surface area contributed by atoms with Crippen molar-refractivity contribution in [3.05, 3.63) is 48.0 Å². The van der Waals surface area contributed by atoms with Crippen LogP contribution >= 0.6 is 11.6 Å². The van der Waals surface area contributed by atoms with Crippen LogP contribution in [0.1, 0.15) is 24.8 Å². The first-order chi connectivity index (χ1) is 8.77. The molecule has 0 spiro atoms. The molecule has 1 amide bonds. The van der Waals surface area contributed by atoms with Crippen LogP contribution in [0.15, 0.2) is 42.5 Å². The number of rotatable bonds is 2. The highest BCUT2D eigenvalue weighted by Gasteiger charge is 2.21. The number of hydrogen-bond acceptors (Lipinski definition) is 1. The van der Waals surface area contributed by atoms with Gasteiger partial charge in [0.1, 0.15) is 5.38 Å². The molecule has 0 saturated heterocycles. The van der Waals surface area contributed by atoms with Crippen LogP contribution < -0.4 is 0 Å². The number of alkyl halides is 1. The quantitative estimate of drug-likeness (QED) is 0.592. The highest BCUT2D eigenvalue weighted by Crippen LogP contribution is 2.15. The molecule has 1 atom stereocenters. The van der Waals surface area contributed by atoms with E-state index in [1.54, 1.807) is 0 Å². The van der Waals surface area contributed by atoms with Gasteiger partial charge in [-0.15, -0.1) is 11.6 Å². The molecular formula is C15H18ClNO. The van der Waals surface area contributed by atoms with Crippen LogP contribution in [0.25, 0.3) is 0 Å². The fraction of sp³-hybridized carbons (Fsp3) is 0.400. The summed E-state index contributed by atoms with van der Waals surface area (Å²) in [6.07, 6.45) is 6.78. The first kappa shape index (κ1) is 13.2. The molecule has 1 aromatic rings. The van der Waals surface area contributed by atoms with Gasteiger partial charge >= 0.3 is 0 Å². The van der Waals surface area contributed by atoms with Gasteiger partial charge in [-0.1, -0.05) is 42.5 Å². The maximum absolute atomic E-state index is 12.2. The second-order valence-electron chi connectivity index (χ2n) is 4.56. The lowest BCUT2D eigenvalue weighted by Crippen LogP contribution is -2.36. The van der Waals surface area contributed by atoms with Crippen molar-refractivity contribution in [2.75, 3.05) is 6.54 Å². The van der Waals surface area contributed by atoms with E-state index in [-0.39, 0.29) is 5.91 Å². The van der Waals surface area contributed by atoms with E-state index in [0.29, 0.717) is 13.0 Å². The van der Waals surface area contributed by atoms with Crippen molar-refractivity contribution in [2.45, 2.75) is 31.2 Å². The minimum Gasteiger partial charge on any atom is -0.337 e. The number of nitrogens with zero attached hydrogens (tertiary/aromatic N) is 1. The molecule has 1 aliphatic heterocycles. The van der Waals surface area contributed by atoms with E-state index < -0.39 is 5.38 Å². The molecular weight excluding hydrogens is 246 g/mol. The highest BCUT2D eigenvalue weighted by molar-refractivity contribution is 6.30. The van der Waals surface area contributed by atoms with Crippen molar-refractivity contribution in [3.63, 3.8) is 0 Å². The SMILES string of the molecule is O=C1[C@H](Cl)C/C=C/CCCN1Cc1ccccc1. The molecule has 2 rings (SSSR count). The molecule has 0 fully saturated rings. The molecule has 18 heavy (non-hydrogen) atoms. The second-order valence-corrected chi connectivity index (χ2v) is 5.09. The van der Waals surface area contributed by atoms with Crippen molar-refractivity contribution in [1.82, 2.24) is 4.90 Å². The number of carbonyl (C=O) groups is 1. The Labute approximate surface area is 113 Å². The Morgan fingerprint density at radius 1 is 1.22 bits per heavy atom. The molecule has 0 unspecified atom stereocenters. The standard InChI is InChI=1S/C15H18ClNO/c16-14-10-6-1-2-7-11-17(15(14)18)12-13-8-4-3-5-9-13/h1,3-6,8-9,14H,2,7,10-12H2/b6-1+/t14-/m1/s1. The van der Waals surface area contributed by atoms with E-state index in [9.17, 15) is 4.79 Å². The average molecular weight is 264 g/mol. The van der Waals surface area contributed by atoms with Gasteiger partial charge in [-0.05, 0) is 24.8 Å². The minimum atomic E-state index is -0.428. The largest absolute Gasteiger partial charge is 0.337 e. The Morgan fingerprint density at radius 2 is 2.00 bits per heavy atom. The van der Waals surface area contributed by atoms with E-state index in [0.717, 1.165) is 24.9 Å². The lowest BCUT2D eigenvalue weighted by molar-refractivity contribution is -0.131. The van der Waals surface area contributed by atoms with E-state index in [1.165, 1.54) is 0 Å². The maximum atomic E-state index is 12.2. The topological polar surface area (TPSA) is 20.3 Å². The summed E-state index contributed by atoms with van der Waals surface area (Å²) in [7, 11) is 0. The first-order valence-electron chi connectivity index (χ1n) is 6.39. The van der Waals surface area contributed by atoms with Gasteiger partial charge in [0.25, 0.3) is 0 Å².